The number of nitrogens with one attached hydrogen (secondary N) is 1. The highest BCUT2D eigenvalue weighted by molar-refractivity contribution is 5.60. The van der Waals surface area contributed by atoms with E-state index in [1.807, 2.05) is 0 Å². The molecule has 2 aliphatic heterocycles. The van der Waals surface area contributed by atoms with Gasteiger partial charge in [-0.15, -0.1) is 0 Å². The van der Waals surface area contributed by atoms with Gasteiger partial charge in [0.05, 0.1) is 23.2 Å². The van der Waals surface area contributed by atoms with Gasteiger partial charge in [0.15, 0.2) is 0 Å². The van der Waals surface area contributed by atoms with Crippen molar-refractivity contribution in [3.63, 3.8) is 0 Å². The van der Waals surface area contributed by atoms with E-state index in [2.05, 4.69) is 10.3 Å². The zero-order valence-electron chi connectivity index (χ0n) is 9.20. The first-order valence-corrected chi connectivity index (χ1v) is 5.74. The molecule has 2 aliphatic rings. The Bertz CT molecular complexity index is 451. The maximum absolute atomic E-state index is 10.8. The molecule has 3 atom stereocenters. The minimum absolute atomic E-state index is 0.0234. The minimum Gasteiger partial charge on any atom is -0.374 e. The first kappa shape index (κ1) is 10.5. The molecule has 3 rings (SSSR count). The summed E-state index contributed by atoms with van der Waals surface area (Å²) in [7, 11) is 0. The number of ether oxygens (including phenoxy) is 1. The first-order chi connectivity index (χ1) is 8.24. The van der Waals surface area contributed by atoms with Gasteiger partial charge in [0.25, 0.3) is 0 Å². The number of aromatic nitrogens is 1. The number of hydrogen-bond donors (Lipinski definition) is 1. The van der Waals surface area contributed by atoms with Crippen LogP contribution >= 0.6 is 0 Å². The van der Waals surface area contributed by atoms with E-state index < -0.39 is 4.92 Å². The molecule has 2 bridgehead atoms. The first-order valence-electron chi connectivity index (χ1n) is 5.74. The van der Waals surface area contributed by atoms with Crippen molar-refractivity contribution < 1.29 is 9.66 Å². The van der Waals surface area contributed by atoms with Crippen molar-refractivity contribution in [2.45, 2.75) is 37.5 Å². The van der Waals surface area contributed by atoms with Gasteiger partial charge in [-0.2, -0.15) is 0 Å². The lowest BCUT2D eigenvalue weighted by Crippen LogP contribution is -2.30. The van der Waals surface area contributed by atoms with Gasteiger partial charge >= 0.3 is 5.69 Å². The largest absolute Gasteiger partial charge is 0.374 e. The van der Waals surface area contributed by atoms with Crippen LogP contribution < -0.4 is 5.32 Å². The van der Waals surface area contributed by atoms with Gasteiger partial charge in [0.2, 0.25) is 0 Å². The van der Waals surface area contributed by atoms with Crippen molar-refractivity contribution in [3.8, 4) is 0 Å². The molecular weight excluding hydrogens is 222 g/mol. The molecule has 2 fully saturated rings. The zero-order chi connectivity index (χ0) is 11.8. The van der Waals surface area contributed by atoms with Crippen molar-refractivity contribution in [3.05, 3.63) is 28.6 Å². The molecule has 0 spiro atoms. The van der Waals surface area contributed by atoms with E-state index in [4.69, 9.17) is 4.74 Å². The summed E-state index contributed by atoms with van der Waals surface area (Å²) in [5.74, 6) is 0. The molecule has 17 heavy (non-hydrogen) atoms. The summed E-state index contributed by atoms with van der Waals surface area (Å²) in [4.78, 5) is 14.2. The fourth-order valence-corrected chi connectivity index (χ4v) is 2.64. The number of hydrogen-bond acceptors (Lipinski definition) is 5. The maximum Gasteiger partial charge on any atom is 0.310 e. The number of nitrogens with zero attached hydrogens (tertiary/aromatic N) is 2. The van der Waals surface area contributed by atoms with Crippen molar-refractivity contribution in [2.75, 3.05) is 5.32 Å². The van der Waals surface area contributed by atoms with Crippen LogP contribution in [0, 0.1) is 10.1 Å². The second-order valence-electron chi connectivity index (χ2n) is 4.51. The predicted octanol–water partition coefficient (Wildman–Crippen LogP) is 1.72. The molecule has 0 aromatic carbocycles. The van der Waals surface area contributed by atoms with Gasteiger partial charge in [0, 0.05) is 6.20 Å². The second kappa shape index (κ2) is 3.96. The van der Waals surface area contributed by atoms with E-state index in [1.165, 1.54) is 6.20 Å². The van der Waals surface area contributed by atoms with Crippen molar-refractivity contribution in [1.29, 1.82) is 0 Å². The summed E-state index contributed by atoms with van der Waals surface area (Å²) in [5, 5.41) is 14.1. The van der Waals surface area contributed by atoms with E-state index in [0.29, 0.717) is 11.8 Å². The predicted molar refractivity (Wildman–Crippen MR) is 60.8 cm³/mol. The summed E-state index contributed by atoms with van der Waals surface area (Å²) < 4.78 is 5.71. The number of fused-ring (bicyclic) bond motifs is 2. The molecule has 0 amide bonds. The normalized spacial score (nSPS) is 30.5. The van der Waals surface area contributed by atoms with E-state index in [-0.39, 0.29) is 17.8 Å². The van der Waals surface area contributed by atoms with Crippen LogP contribution in [0.1, 0.15) is 19.3 Å². The van der Waals surface area contributed by atoms with E-state index in [0.717, 1.165) is 19.3 Å². The third kappa shape index (κ3) is 1.84. The standard InChI is InChI=1S/C11H13N3O3/c15-14(16)10-6-12-4-3-8(10)13-9-5-7-1-2-11(9)17-7/h3-4,6-7,9,11H,1-2,5H2,(H,12,13). The number of rotatable bonds is 3. The SMILES string of the molecule is O=[N+]([O-])c1cnccc1NC1CC2CCC1O2. The summed E-state index contributed by atoms with van der Waals surface area (Å²) in [5.41, 5.74) is 0.557. The average molecular weight is 235 g/mol. The van der Waals surface area contributed by atoms with Gasteiger partial charge in [-0.1, -0.05) is 0 Å². The highest BCUT2D eigenvalue weighted by atomic mass is 16.6. The Kier molecular flexibility index (Phi) is 2.44. The molecule has 1 N–H and O–H groups in total. The van der Waals surface area contributed by atoms with Crippen LogP contribution in [0.5, 0.6) is 0 Å². The molecule has 0 saturated carbocycles. The smallest absolute Gasteiger partial charge is 0.310 e. The Morgan fingerprint density at radius 3 is 3.06 bits per heavy atom. The molecule has 2 saturated heterocycles. The lowest BCUT2D eigenvalue weighted by Gasteiger charge is -2.20. The van der Waals surface area contributed by atoms with Crippen LogP contribution in [0.3, 0.4) is 0 Å². The number of nitro groups is 1. The minimum atomic E-state index is -0.413. The van der Waals surface area contributed by atoms with Crippen molar-refractivity contribution in [2.24, 2.45) is 0 Å². The molecule has 6 heteroatoms. The van der Waals surface area contributed by atoms with Crippen LogP contribution in [0.25, 0.3) is 0 Å². The lowest BCUT2D eigenvalue weighted by atomic mass is 9.95. The number of anilines is 1. The molecule has 1 aromatic rings. The van der Waals surface area contributed by atoms with Crippen LogP contribution in [0.15, 0.2) is 18.5 Å². The molecule has 1 aromatic heterocycles. The quantitative estimate of drug-likeness (QED) is 0.637. The summed E-state index contributed by atoms with van der Waals surface area (Å²) in [6.45, 7) is 0. The topological polar surface area (TPSA) is 77.3 Å². The van der Waals surface area contributed by atoms with Gasteiger partial charge in [-0.3, -0.25) is 15.1 Å². The van der Waals surface area contributed by atoms with Crippen LogP contribution in [-0.2, 0) is 4.74 Å². The Balaban J connectivity index is 1.79. The molecule has 3 unspecified atom stereocenters. The van der Waals surface area contributed by atoms with Crippen LogP contribution in [-0.4, -0.2) is 28.2 Å². The Hall–Kier alpha value is -1.69. The van der Waals surface area contributed by atoms with Crippen LogP contribution in [0.2, 0.25) is 0 Å². The fourth-order valence-electron chi connectivity index (χ4n) is 2.64. The molecule has 0 radical (unpaired) electrons. The van der Waals surface area contributed by atoms with E-state index in [9.17, 15) is 10.1 Å². The Morgan fingerprint density at radius 2 is 2.41 bits per heavy atom. The number of pyridine rings is 1. The zero-order valence-corrected chi connectivity index (χ0v) is 9.20. The van der Waals surface area contributed by atoms with Crippen molar-refractivity contribution >= 4 is 11.4 Å². The average Bonchev–Trinajstić information content (AvgIpc) is 2.91. The monoisotopic (exact) mass is 235 g/mol. The van der Waals surface area contributed by atoms with Crippen LogP contribution in [0.4, 0.5) is 11.4 Å². The molecular formula is C11H13N3O3. The third-order valence-corrected chi connectivity index (χ3v) is 3.44. The van der Waals surface area contributed by atoms with Gasteiger partial charge < -0.3 is 10.1 Å². The van der Waals surface area contributed by atoms with E-state index in [1.54, 1.807) is 12.3 Å². The summed E-state index contributed by atoms with van der Waals surface area (Å²) in [6, 6.07) is 1.83. The maximum atomic E-state index is 10.8. The highest BCUT2D eigenvalue weighted by Gasteiger charge is 2.41. The van der Waals surface area contributed by atoms with Gasteiger partial charge in [0.1, 0.15) is 11.9 Å². The van der Waals surface area contributed by atoms with Crippen molar-refractivity contribution in [1.82, 2.24) is 4.98 Å². The lowest BCUT2D eigenvalue weighted by molar-refractivity contribution is -0.384. The Morgan fingerprint density at radius 1 is 1.53 bits per heavy atom. The summed E-state index contributed by atoms with van der Waals surface area (Å²) in [6.07, 6.45) is 6.46. The molecule has 3 heterocycles. The molecule has 90 valence electrons. The summed E-state index contributed by atoms with van der Waals surface area (Å²) >= 11 is 0. The fraction of sp³-hybridized carbons (Fsp3) is 0.545. The van der Waals surface area contributed by atoms with Gasteiger partial charge in [-0.25, -0.2) is 0 Å². The molecule has 6 nitrogen and oxygen atoms in total. The second-order valence-corrected chi connectivity index (χ2v) is 4.51. The molecule has 0 aliphatic carbocycles. The van der Waals surface area contributed by atoms with E-state index >= 15 is 0 Å². The Labute approximate surface area is 98.1 Å². The third-order valence-electron chi connectivity index (χ3n) is 3.44. The highest BCUT2D eigenvalue weighted by Crippen LogP contribution is 2.37. The van der Waals surface area contributed by atoms with Gasteiger partial charge in [-0.05, 0) is 25.3 Å².